The normalized spacial score (nSPS) is 14.7. The van der Waals surface area contributed by atoms with Gasteiger partial charge in [-0.2, -0.15) is 0 Å². The second-order valence-corrected chi connectivity index (χ2v) is 7.86. The van der Waals surface area contributed by atoms with E-state index in [4.69, 9.17) is 4.74 Å². The number of piperidine rings is 1. The Morgan fingerprint density at radius 3 is 2.38 bits per heavy atom. The number of anilines is 3. The molecule has 2 aromatic carbocycles. The van der Waals surface area contributed by atoms with Crippen LogP contribution in [0.25, 0.3) is 0 Å². The van der Waals surface area contributed by atoms with Gasteiger partial charge in [0.2, 0.25) is 11.6 Å². The molecule has 0 radical (unpaired) electrons. The zero-order chi connectivity index (χ0) is 22.5. The van der Waals surface area contributed by atoms with Crippen LogP contribution in [0.15, 0.2) is 60.9 Å². The lowest BCUT2D eigenvalue weighted by Crippen LogP contribution is -2.42. The summed E-state index contributed by atoms with van der Waals surface area (Å²) in [6, 6.07) is 16.9. The minimum Gasteiger partial charge on any atom is -0.457 e. The number of nitrogens with one attached hydrogen (secondary N) is 1. The molecule has 1 aliphatic heterocycles. The highest BCUT2D eigenvalue weighted by atomic mass is 16.6. The molecule has 0 aliphatic carbocycles. The molecule has 166 valence electrons. The zero-order valence-electron chi connectivity index (χ0n) is 18.1. The Labute approximate surface area is 186 Å². The van der Waals surface area contributed by atoms with E-state index in [0.717, 1.165) is 31.7 Å². The number of benzene rings is 2. The fourth-order valence-electron chi connectivity index (χ4n) is 3.81. The molecule has 0 atom stereocenters. The lowest BCUT2D eigenvalue weighted by molar-refractivity contribution is -0.383. The zero-order valence-corrected chi connectivity index (χ0v) is 18.1. The number of ether oxygens (including phenoxy) is 1. The average molecular weight is 435 g/mol. The van der Waals surface area contributed by atoms with Gasteiger partial charge in [-0.15, -0.1) is 0 Å². The summed E-state index contributed by atoms with van der Waals surface area (Å²) in [5.41, 5.74) is 0.540. The van der Waals surface area contributed by atoms with Crippen molar-refractivity contribution in [1.82, 2.24) is 14.9 Å². The van der Waals surface area contributed by atoms with E-state index in [-0.39, 0.29) is 17.5 Å². The van der Waals surface area contributed by atoms with Crippen molar-refractivity contribution >= 4 is 23.0 Å². The molecular weight excluding hydrogens is 408 g/mol. The standard InChI is InChI=1S/C23H26N6O3/c1-27-14-12-18(13-15-27)28(2)23-21(29(30)31)22(24-16-25-23)26-17-8-10-20(11-9-17)32-19-6-4-3-5-7-19/h3-11,16,18H,12-15H2,1-2H3,(H,24,25,26). The van der Waals surface area contributed by atoms with Crippen molar-refractivity contribution < 1.29 is 9.66 Å². The van der Waals surface area contributed by atoms with E-state index in [1.165, 1.54) is 6.33 Å². The molecule has 1 aromatic heterocycles. The molecule has 0 amide bonds. The lowest BCUT2D eigenvalue weighted by atomic mass is 10.0. The molecule has 9 nitrogen and oxygen atoms in total. The van der Waals surface area contributed by atoms with Gasteiger partial charge in [-0.05, 0) is 69.4 Å². The molecule has 4 rings (SSSR count). The van der Waals surface area contributed by atoms with Crippen molar-refractivity contribution in [1.29, 1.82) is 0 Å². The topological polar surface area (TPSA) is 96.7 Å². The minimum atomic E-state index is -0.421. The molecule has 0 spiro atoms. The Kier molecular flexibility index (Phi) is 6.46. The largest absolute Gasteiger partial charge is 0.457 e. The number of likely N-dealkylation sites (tertiary alicyclic amines) is 1. The number of para-hydroxylation sites is 1. The van der Waals surface area contributed by atoms with Crippen LogP contribution in [0, 0.1) is 10.1 Å². The summed E-state index contributed by atoms with van der Waals surface area (Å²) in [4.78, 5) is 24.1. The Morgan fingerprint density at radius 2 is 1.72 bits per heavy atom. The van der Waals surface area contributed by atoms with Gasteiger partial charge in [0.1, 0.15) is 17.8 Å². The Hall–Kier alpha value is -3.72. The van der Waals surface area contributed by atoms with Crippen molar-refractivity contribution in [3.63, 3.8) is 0 Å². The molecule has 1 fully saturated rings. The van der Waals surface area contributed by atoms with E-state index in [2.05, 4.69) is 27.2 Å². The first-order chi connectivity index (χ1) is 15.5. The molecule has 2 heterocycles. The second kappa shape index (κ2) is 9.61. The highest BCUT2D eigenvalue weighted by molar-refractivity contribution is 5.74. The van der Waals surface area contributed by atoms with Crippen LogP contribution in [0.2, 0.25) is 0 Å². The first kappa shape index (κ1) is 21.5. The number of aromatic nitrogens is 2. The average Bonchev–Trinajstić information content (AvgIpc) is 2.81. The van der Waals surface area contributed by atoms with Crippen LogP contribution < -0.4 is 15.0 Å². The Balaban J connectivity index is 1.53. The van der Waals surface area contributed by atoms with Crippen LogP contribution in [0.4, 0.5) is 23.0 Å². The number of nitrogens with zero attached hydrogens (tertiary/aromatic N) is 5. The van der Waals surface area contributed by atoms with Gasteiger partial charge in [0.15, 0.2) is 0 Å². The first-order valence-corrected chi connectivity index (χ1v) is 10.5. The van der Waals surface area contributed by atoms with Crippen molar-refractivity contribution in [2.75, 3.05) is 37.4 Å². The third-order valence-electron chi connectivity index (χ3n) is 5.65. The van der Waals surface area contributed by atoms with E-state index < -0.39 is 4.92 Å². The molecule has 3 aromatic rings. The fraction of sp³-hybridized carbons (Fsp3) is 0.304. The number of hydrogen-bond acceptors (Lipinski definition) is 8. The summed E-state index contributed by atoms with van der Waals surface area (Å²) in [7, 11) is 3.95. The first-order valence-electron chi connectivity index (χ1n) is 10.5. The number of hydrogen-bond donors (Lipinski definition) is 1. The number of rotatable bonds is 7. The van der Waals surface area contributed by atoms with Crippen molar-refractivity contribution in [3.8, 4) is 11.5 Å². The predicted octanol–water partition coefficient (Wildman–Crippen LogP) is 4.45. The molecule has 1 N–H and O–H groups in total. The Morgan fingerprint density at radius 1 is 1.06 bits per heavy atom. The third kappa shape index (κ3) is 4.94. The fourth-order valence-corrected chi connectivity index (χ4v) is 3.81. The molecule has 0 saturated carbocycles. The molecule has 0 unspecified atom stereocenters. The monoisotopic (exact) mass is 434 g/mol. The van der Waals surface area contributed by atoms with Gasteiger partial charge in [-0.3, -0.25) is 10.1 Å². The van der Waals surface area contributed by atoms with E-state index >= 15 is 0 Å². The molecule has 9 heteroatoms. The van der Waals surface area contributed by atoms with E-state index in [0.29, 0.717) is 17.3 Å². The molecular formula is C23H26N6O3. The van der Waals surface area contributed by atoms with Crippen molar-refractivity contribution in [2.24, 2.45) is 0 Å². The van der Waals surface area contributed by atoms with Crippen LogP contribution >= 0.6 is 0 Å². The maximum absolute atomic E-state index is 12.0. The van der Waals surface area contributed by atoms with Gasteiger partial charge < -0.3 is 19.9 Å². The molecule has 1 aliphatic rings. The summed E-state index contributed by atoms with van der Waals surface area (Å²) < 4.78 is 5.80. The highest BCUT2D eigenvalue weighted by Gasteiger charge is 2.30. The van der Waals surface area contributed by atoms with E-state index in [1.807, 2.05) is 42.3 Å². The summed E-state index contributed by atoms with van der Waals surface area (Å²) >= 11 is 0. The van der Waals surface area contributed by atoms with E-state index in [9.17, 15) is 10.1 Å². The highest BCUT2D eigenvalue weighted by Crippen LogP contribution is 2.35. The van der Waals surface area contributed by atoms with Gasteiger partial charge in [0, 0.05) is 18.8 Å². The van der Waals surface area contributed by atoms with Gasteiger partial charge >= 0.3 is 5.69 Å². The predicted molar refractivity (Wildman–Crippen MR) is 124 cm³/mol. The summed E-state index contributed by atoms with van der Waals surface area (Å²) in [5.74, 6) is 1.89. The lowest BCUT2D eigenvalue weighted by Gasteiger charge is -2.35. The molecule has 32 heavy (non-hydrogen) atoms. The van der Waals surface area contributed by atoms with Crippen LogP contribution in [0.1, 0.15) is 12.8 Å². The van der Waals surface area contributed by atoms with Gasteiger partial charge in [0.25, 0.3) is 0 Å². The van der Waals surface area contributed by atoms with Gasteiger partial charge in [0.05, 0.1) is 4.92 Å². The second-order valence-electron chi connectivity index (χ2n) is 7.86. The Bertz CT molecular complexity index is 1050. The smallest absolute Gasteiger partial charge is 0.353 e. The molecule has 1 saturated heterocycles. The third-order valence-corrected chi connectivity index (χ3v) is 5.65. The quantitative estimate of drug-likeness (QED) is 0.430. The maximum Gasteiger partial charge on any atom is 0.353 e. The van der Waals surface area contributed by atoms with Gasteiger partial charge in [-0.25, -0.2) is 9.97 Å². The summed E-state index contributed by atoms with van der Waals surface area (Å²) in [6.07, 6.45) is 3.22. The van der Waals surface area contributed by atoms with E-state index in [1.54, 1.807) is 24.3 Å². The maximum atomic E-state index is 12.0. The minimum absolute atomic E-state index is 0.126. The summed E-state index contributed by atoms with van der Waals surface area (Å²) in [6.45, 7) is 1.91. The number of nitro groups is 1. The van der Waals surface area contributed by atoms with Crippen molar-refractivity contribution in [2.45, 2.75) is 18.9 Å². The molecule has 0 bridgehead atoms. The van der Waals surface area contributed by atoms with Crippen LogP contribution in [0.3, 0.4) is 0 Å². The van der Waals surface area contributed by atoms with Gasteiger partial charge in [-0.1, -0.05) is 18.2 Å². The van der Waals surface area contributed by atoms with Crippen LogP contribution in [0.5, 0.6) is 11.5 Å². The van der Waals surface area contributed by atoms with Crippen LogP contribution in [-0.4, -0.2) is 53.0 Å². The van der Waals surface area contributed by atoms with Crippen LogP contribution in [-0.2, 0) is 0 Å². The van der Waals surface area contributed by atoms with Crippen molar-refractivity contribution in [3.05, 3.63) is 71.0 Å². The summed E-state index contributed by atoms with van der Waals surface area (Å²) in [5, 5.41) is 15.0. The SMILES string of the molecule is CN1CCC(N(C)c2ncnc(Nc3ccc(Oc4ccccc4)cc3)c2[N+](=O)[O-])CC1.